The minimum atomic E-state index is -10.7. The molecule has 0 saturated carbocycles. The number of rotatable bonds is 9. The van der Waals surface area contributed by atoms with Gasteiger partial charge in [-0.1, -0.05) is 109 Å². The fourth-order valence-electron chi connectivity index (χ4n) is 6.08. The minimum absolute atomic E-state index is 0. The van der Waals surface area contributed by atoms with E-state index in [2.05, 4.69) is 196 Å². The van der Waals surface area contributed by atoms with Gasteiger partial charge in [-0.15, -0.1) is 0 Å². The summed E-state index contributed by atoms with van der Waals surface area (Å²) in [5, 5.41) is 7.88. The number of halogens is 7. The number of aromatic nitrogens is 2. The van der Waals surface area contributed by atoms with E-state index in [1.807, 2.05) is 36.4 Å². The van der Waals surface area contributed by atoms with Crippen LogP contribution in [-0.2, 0) is 17.1 Å². The van der Waals surface area contributed by atoms with Gasteiger partial charge in [0.05, 0.1) is 11.4 Å². The van der Waals surface area contributed by atoms with E-state index in [9.17, 15) is 25.2 Å². The van der Waals surface area contributed by atoms with Gasteiger partial charge < -0.3 is 4.74 Å². The van der Waals surface area contributed by atoms with E-state index in [-0.39, 0.29) is 17.1 Å². The molecule has 14 heteroatoms. The zero-order valence-corrected chi connectivity index (χ0v) is 36.8. The standard InChI is InChI=1S/C36H28OP2.C10H7BrN2.Cu.F6P/c1-5-17-29(18-6-1)38(30-19-7-2-8-20-30)35-27-15-13-25-33(35)37-34-26-14-16-28-36(34)39(31-21-9-3-10-22-31)32-23-11-4-12-24-32;11-10-6-3-5-9(13-10)8-4-1-2-7-12-8;;1-7(2,3,4,5)6/h1-28H;1-7H;;/q;;+1;-1/p+2. The van der Waals surface area contributed by atoms with E-state index in [0.29, 0.717) is 0 Å². The van der Waals surface area contributed by atoms with Gasteiger partial charge in [-0.3, -0.25) is 4.98 Å². The molecule has 8 rings (SSSR count). The van der Waals surface area contributed by atoms with Crippen LogP contribution in [-0.4, -0.2) is 9.97 Å². The minimum Gasteiger partial charge on any atom is -0.449 e. The summed E-state index contributed by atoms with van der Waals surface area (Å²) < 4.78 is 67.0. The number of pyridine rings is 2. The van der Waals surface area contributed by atoms with Crippen LogP contribution in [0.25, 0.3) is 11.4 Å². The van der Waals surface area contributed by atoms with Crippen LogP contribution in [0.1, 0.15) is 0 Å². The van der Waals surface area contributed by atoms with Gasteiger partial charge in [0.15, 0.2) is 11.5 Å². The van der Waals surface area contributed by atoms with Crippen molar-refractivity contribution in [1.29, 1.82) is 0 Å². The molecule has 2 aromatic heterocycles. The SMILES string of the molecule is Brc1cccc(-c2ccccn2)n1.F[P-](F)(F)(F)(F)F.[Cu+].c1ccc([PH+](c2ccccc2)c2ccccc2Oc2ccccc2[PH+](c2ccccc2)c2ccccc2)cc1. The molecule has 0 saturated heterocycles. The molecule has 0 aliphatic carbocycles. The molecule has 0 spiro atoms. The van der Waals surface area contributed by atoms with E-state index in [1.54, 1.807) is 6.20 Å². The van der Waals surface area contributed by atoms with Gasteiger partial charge in [-0.25, -0.2) is 4.98 Å². The third-order valence-electron chi connectivity index (χ3n) is 8.43. The molecule has 0 fully saturated rings. The molecule has 2 heterocycles. The molecule has 0 aliphatic rings. The number of hydrogen-bond acceptors (Lipinski definition) is 3. The Hall–Kier alpha value is -4.71. The largest absolute Gasteiger partial charge is 1.00 e. The first-order chi connectivity index (χ1) is 28.2. The molecular formula is C46H37BrCuF6N2OP3+2. The first kappa shape index (κ1) is 46.4. The van der Waals surface area contributed by atoms with E-state index < -0.39 is 23.7 Å². The number of para-hydroxylation sites is 2. The molecule has 3 nitrogen and oxygen atoms in total. The molecule has 0 amide bonds. The summed E-state index contributed by atoms with van der Waals surface area (Å²) in [7, 11) is -13.2. The van der Waals surface area contributed by atoms with E-state index in [0.717, 1.165) is 27.5 Å². The quantitative estimate of drug-likeness (QED) is 0.0626. The fourth-order valence-corrected chi connectivity index (χ4v) is 11.7. The Balaban J connectivity index is 0.000000267. The molecule has 60 heavy (non-hydrogen) atoms. The van der Waals surface area contributed by atoms with Crippen LogP contribution in [0.15, 0.2) is 217 Å². The number of ether oxygens (including phenoxy) is 1. The molecule has 0 N–H and O–H groups in total. The molecular weight excluding hydrogens is 947 g/mol. The van der Waals surface area contributed by atoms with Gasteiger partial charge in [-0.2, -0.15) is 0 Å². The third kappa shape index (κ3) is 14.8. The Morgan fingerprint density at radius 3 is 1.08 bits per heavy atom. The number of hydrogen-bond donors (Lipinski definition) is 0. The van der Waals surface area contributed by atoms with Gasteiger partial charge >= 0.3 is 50.1 Å². The maximum absolute atomic E-state index is 10.7. The molecule has 0 unspecified atom stereocenters. The van der Waals surface area contributed by atoms with E-state index in [4.69, 9.17) is 4.74 Å². The second-order valence-electron chi connectivity index (χ2n) is 12.8. The Labute approximate surface area is 366 Å². The van der Waals surface area contributed by atoms with Gasteiger partial charge in [0.25, 0.3) is 0 Å². The average molecular weight is 984 g/mol. The number of nitrogens with zero attached hydrogens (tertiary/aromatic N) is 2. The summed E-state index contributed by atoms with van der Waals surface area (Å²) in [6, 6.07) is 72.1. The van der Waals surface area contributed by atoms with Crippen molar-refractivity contribution < 1.29 is 47.0 Å². The second-order valence-corrected chi connectivity index (χ2v) is 20.4. The number of benzene rings is 6. The monoisotopic (exact) mass is 982 g/mol. The van der Waals surface area contributed by atoms with Gasteiger partial charge in [0.2, 0.25) is 0 Å². The van der Waals surface area contributed by atoms with Crippen molar-refractivity contribution in [1.82, 2.24) is 9.97 Å². The van der Waals surface area contributed by atoms with Crippen molar-refractivity contribution in [2.24, 2.45) is 0 Å². The first-order valence-electron chi connectivity index (χ1n) is 18.1. The molecule has 0 aliphatic heterocycles. The van der Waals surface area contributed by atoms with Crippen LogP contribution in [0.3, 0.4) is 0 Å². The topological polar surface area (TPSA) is 35.0 Å². The Kier molecular flexibility index (Phi) is 15.6. The molecule has 8 aromatic rings. The van der Waals surface area contributed by atoms with Crippen molar-refractivity contribution in [3.63, 3.8) is 0 Å². The second kappa shape index (κ2) is 20.2. The molecule has 6 aromatic carbocycles. The first-order valence-corrected chi connectivity index (χ1v) is 23.9. The summed E-state index contributed by atoms with van der Waals surface area (Å²) in [5.41, 5.74) is 1.78. The normalized spacial score (nSPS) is 12.0. The van der Waals surface area contributed by atoms with Crippen molar-refractivity contribution in [2.45, 2.75) is 0 Å². The van der Waals surface area contributed by atoms with Crippen LogP contribution >= 0.6 is 39.6 Å². The summed E-state index contributed by atoms with van der Waals surface area (Å²) in [5.74, 6) is 1.85. The fraction of sp³-hybridized carbons (Fsp3) is 0. The Bertz CT molecular complexity index is 2340. The zero-order valence-electron chi connectivity index (χ0n) is 31.4. The molecule has 0 bridgehead atoms. The Morgan fingerprint density at radius 2 is 0.733 bits per heavy atom. The molecule has 0 radical (unpaired) electrons. The zero-order chi connectivity index (χ0) is 41.8. The summed E-state index contributed by atoms with van der Waals surface area (Å²) in [6.45, 7) is 0. The van der Waals surface area contributed by atoms with Crippen molar-refractivity contribution in [3.8, 4) is 22.9 Å². The van der Waals surface area contributed by atoms with Crippen LogP contribution in [0.5, 0.6) is 11.5 Å². The third-order valence-corrected chi connectivity index (χ3v) is 14.4. The van der Waals surface area contributed by atoms with Crippen LogP contribution in [0.2, 0.25) is 0 Å². The predicted molar refractivity (Wildman–Crippen MR) is 242 cm³/mol. The van der Waals surface area contributed by atoms with E-state index in [1.165, 1.54) is 31.8 Å². The van der Waals surface area contributed by atoms with Crippen molar-refractivity contribution >= 4 is 71.4 Å². The van der Waals surface area contributed by atoms with Gasteiger partial charge in [0, 0.05) is 6.20 Å². The summed E-state index contributed by atoms with van der Waals surface area (Å²) >= 11 is 3.32. The molecule has 310 valence electrons. The van der Waals surface area contributed by atoms with Crippen LogP contribution in [0.4, 0.5) is 25.2 Å². The van der Waals surface area contributed by atoms with Crippen LogP contribution in [0, 0.1) is 0 Å². The van der Waals surface area contributed by atoms with Gasteiger partial charge in [0.1, 0.15) is 52.3 Å². The summed E-state index contributed by atoms with van der Waals surface area (Å²) in [4.78, 5) is 8.50. The smallest absolute Gasteiger partial charge is 0.449 e. The van der Waals surface area contributed by atoms with Crippen molar-refractivity contribution in [2.75, 3.05) is 0 Å². The van der Waals surface area contributed by atoms with Gasteiger partial charge in [-0.05, 0) is 113 Å². The van der Waals surface area contributed by atoms with E-state index >= 15 is 0 Å². The Morgan fingerprint density at radius 1 is 0.400 bits per heavy atom. The van der Waals surface area contributed by atoms with Crippen LogP contribution < -0.4 is 36.6 Å². The predicted octanol–water partition coefficient (Wildman–Crippen LogP) is 12.7. The average Bonchev–Trinajstić information content (AvgIpc) is 3.23. The van der Waals surface area contributed by atoms with Crippen molar-refractivity contribution in [3.05, 3.63) is 217 Å². The molecule has 0 atom stereocenters. The summed E-state index contributed by atoms with van der Waals surface area (Å²) in [6.07, 6.45) is 1.76. The maximum Gasteiger partial charge on any atom is 1.00 e. The maximum atomic E-state index is 9.87.